The minimum absolute atomic E-state index is 0.0717. The number of H-pyrrole nitrogens is 1. The third-order valence-corrected chi connectivity index (χ3v) is 5.32. The number of rotatable bonds is 4. The quantitative estimate of drug-likeness (QED) is 0.752. The van der Waals surface area contributed by atoms with E-state index in [0.29, 0.717) is 10.6 Å². The number of hydrogen-bond acceptors (Lipinski definition) is 7. The molecule has 3 N–H and O–H groups in total. The molecule has 0 saturated carbocycles. The van der Waals surface area contributed by atoms with E-state index in [0.717, 1.165) is 16.9 Å². The Hall–Kier alpha value is -2.26. The number of hydrogen-bond donors (Lipinski definition) is 2. The summed E-state index contributed by atoms with van der Waals surface area (Å²) in [6, 6.07) is 9.19. The lowest BCUT2D eigenvalue weighted by molar-refractivity contribution is 0.591. The van der Waals surface area contributed by atoms with Crippen molar-refractivity contribution in [3.63, 3.8) is 0 Å². The molecule has 3 aromatic rings. The maximum absolute atomic E-state index is 12.5. The lowest BCUT2D eigenvalue weighted by atomic mass is 10.1. The van der Waals surface area contributed by atoms with Crippen molar-refractivity contribution < 1.29 is 8.42 Å². The molecule has 21 heavy (non-hydrogen) atoms. The van der Waals surface area contributed by atoms with Gasteiger partial charge in [-0.05, 0) is 5.56 Å². The Kier molecular flexibility index (Phi) is 3.43. The third-order valence-electron chi connectivity index (χ3n) is 2.80. The van der Waals surface area contributed by atoms with Gasteiger partial charge in [-0.15, -0.1) is 10.2 Å². The molecule has 2 aromatic heterocycles. The van der Waals surface area contributed by atoms with E-state index in [1.54, 1.807) is 0 Å². The fraction of sp³-hybridized carbons (Fsp3) is 0.0833. The summed E-state index contributed by atoms with van der Waals surface area (Å²) in [6.45, 7) is 0. The van der Waals surface area contributed by atoms with Crippen LogP contribution in [0.4, 0.5) is 5.13 Å². The molecule has 7 nitrogen and oxygen atoms in total. The minimum atomic E-state index is -3.60. The number of aromatic amines is 1. The number of nitrogens with two attached hydrogens (primary N) is 1. The van der Waals surface area contributed by atoms with Gasteiger partial charge in [-0.1, -0.05) is 41.7 Å². The van der Waals surface area contributed by atoms with Crippen LogP contribution >= 0.6 is 11.3 Å². The monoisotopic (exact) mass is 321 g/mol. The van der Waals surface area contributed by atoms with Crippen LogP contribution in [0, 0.1) is 0 Å². The zero-order valence-corrected chi connectivity index (χ0v) is 12.4. The van der Waals surface area contributed by atoms with Gasteiger partial charge in [0.05, 0.1) is 6.20 Å². The van der Waals surface area contributed by atoms with Crippen LogP contribution in [0.25, 0.3) is 11.1 Å². The van der Waals surface area contributed by atoms with Crippen LogP contribution in [0.5, 0.6) is 0 Å². The van der Waals surface area contributed by atoms with E-state index in [1.807, 2.05) is 30.3 Å². The lowest BCUT2D eigenvalue weighted by Crippen LogP contribution is -2.07. The summed E-state index contributed by atoms with van der Waals surface area (Å²) >= 11 is 1.06. The van der Waals surface area contributed by atoms with Gasteiger partial charge >= 0.3 is 0 Å². The molecule has 0 aliphatic rings. The molecular weight excluding hydrogens is 310 g/mol. The summed E-state index contributed by atoms with van der Waals surface area (Å²) in [7, 11) is -3.60. The molecule has 0 saturated heterocycles. The van der Waals surface area contributed by atoms with Crippen LogP contribution in [0.2, 0.25) is 0 Å². The summed E-state index contributed by atoms with van der Waals surface area (Å²) in [5.41, 5.74) is 6.78. The van der Waals surface area contributed by atoms with Crippen molar-refractivity contribution in [3.05, 3.63) is 41.5 Å². The molecule has 9 heteroatoms. The normalized spacial score (nSPS) is 11.6. The van der Waals surface area contributed by atoms with Crippen LogP contribution in [0.1, 0.15) is 5.01 Å². The first-order valence-corrected chi connectivity index (χ1v) is 8.42. The summed E-state index contributed by atoms with van der Waals surface area (Å²) in [5, 5.41) is 14.4. The highest BCUT2D eigenvalue weighted by Crippen LogP contribution is 2.28. The first kappa shape index (κ1) is 13.7. The Balaban J connectivity index is 1.99. The molecule has 0 aliphatic heterocycles. The summed E-state index contributed by atoms with van der Waals surface area (Å²) in [5.74, 6) is -0.260. The van der Waals surface area contributed by atoms with Gasteiger partial charge in [0.15, 0.2) is 5.03 Å². The van der Waals surface area contributed by atoms with Crippen LogP contribution < -0.4 is 5.73 Å². The van der Waals surface area contributed by atoms with Gasteiger partial charge in [0.25, 0.3) is 0 Å². The predicted octanol–water partition coefficient (Wildman–Crippen LogP) is 1.48. The highest BCUT2D eigenvalue weighted by molar-refractivity contribution is 7.90. The van der Waals surface area contributed by atoms with Gasteiger partial charge in [0.2, 0.25) is 15.0 Å². The SMILES string of the molecule is Nc1nnc(CS(=O)(=O)c2[nH]ncc2-c2ccccc2)s1. The number of anilines is 1. The fourth-order valence-electron chi connectivity index (χ4n) is 1.89. The van der Waals surface area contributed by atoms with Gasteiger partial charge in [-0.25, -0.2) is 8.42 Å². The Labute approximate surface area is 124 Å². The van der Waals surface area contributed by atoms with Crippen LogP contribution in [0.3, 0.4) is 0 Å². The van der Waals surface area contributed by atoms with Crippen molar-refractivity contribution >= 4 is 26.3 Å². The molecule has 2 heterocycles. The van der Waals surface area contributed by atoms with E-state index < -0.39 is 9.84 Å². The fourth-order valence-corrected chi connectivity index (χ4v) is 4.22. The van der Waals surface area contributed by atoms with E-state index in [-0.39, 0.29) is 15.9 Å². The molecule has 0 radical (unpaired) electrons. The molecule has 0 aliphatic carbocycles. The lowest BCUT2D eigenvalue weighted by Gasteiger charge is -2.03. The molecule has 1 aromatic carbocycles. The maximum atomic E-state index is 12.5. The van der Waals surface area contributed by atoms with Crippen molar-refractivity contribution in [3.8, 4) is 11.1 Å². The van der Waals surface area contributed by atoms with E-state index in [4.69, 9.17) is 5.73 Å². The number of nitrogens with one attached hydrogen (secondary N) is 1. The minimum Gasteiger partial charge on any atom is -0.374 e. The molecule has 0 amide bonds. The smallest absolute Gasteiger partial charge is 0.203 e. The molecule has 3 rings (SSSR count). The second-order valence-corrected chi connectivity index (χ2v) is 7.29. The maximum Gasteiger partial charge on any atom is 0.203 e. The molecular formula is C12H11N5O2S2. The number of nitrogen functional groups attached to an aromatic ring is 1. The molecule has 0 unspecified atom stereocenters. The van der Waals surface area contributed by atoms with E-state index in [2.05, 4.69) is 20.4 Å². The zero-order chi connectivity index (χ0) is 14.9. The Bertz CT molecular complexity index is 855. The molecule has 0 spiro atoms. The standard InChI is InChI=1S/C12H11N5O2S2/c13-12-17-15-10(20-12)7-21(18,19)11-9(6-14-16-11)8-4-2-1-3-5-8/h1-6H,7H2,(H2,13,17)(H,14,16). The van der Waals surface area contributed by atoms with Crippen molar-refractivity contribution in [2.24, 2.45) is 0 Å². The van der Waals surface area contributed by atoms with Gasteiger partial charge in [0, 0.05) is 5.56 Å². The number of nitrogens with zero attached hydrogens (tertiary/aromatic N) is 3. The Morgan fingerprint density at radius 2 is 1.95 bits per heavy atom. The number of benzene rings is 1. The second kappa shape index (κ2) is 5.26. The average Bonchev–Trinajstić information content (AvgIpc) is 3.09. The average molecular weight is 321 g/mol. The highest BCUT2D eigenvalue weighted by atomic mass is 32.2. The topological polar surface area (TPSA) is 115 Å². The van der Waals surface area contributed by atoms with Crippen molar-refractivity contribution in [2.45, 2.75) is 10.8 Å². The summed E-state index contributed by atoms with van der Waals surface area (Å²) in [4.78, 5) is 0. The van der Waals surface area contributed by atoms with E-state index >= 15 is 0 Å². The van der Waals surface area contributed by atoms with Gasteiger partial charge < -0.3 is 5.73 Å². The van der Waals surface area contributed by atoms with Crippen LogP contribution in [0.15, 0.2) is 41.6 Å². The van der Waals surface area contributed by atoms with Gasteiger partial charge in [-0.3, -0.25) is 5.10 Å². The first-order valence-electron chi connectivity index (χ1n) is 5.95. The largest absolute Gasteiger partial charge is 0.374 e. The van der Waals surface area contributed by atoms with Crippen LogP contribution in [-0.4, -0.2) is 28.8 Å². The Morgan fingerprint density at radius 3 is 2.62 bits per heavy atom. The first-order chi connectivity index (χ1) is 10.1. The zero-order valence-electron chi connectivity index (χ0n) is 10.7. The van der Waals surface area contributed by atoms with Crippen molar-refractivity contribution in [2.75, 3.05) is 5.73 Å². The molecule has 0 fully saturated rings. The molecule has 0 atom stereocenters. The predicted molar refractivity (Wildman–Crippen MR) is 79.2 cm³/mol. The number of sulfone groups is 1. The molecule has 108 valence electrons. The highest BCUT2D eigenvalue weighted by Gasteiger charge is 2.24. The van der Waals surface area contributed by atoms with Crippen molar-refractivity contribution in [1.29, 1.82) is 0 Å². The van der Waals surface area contributed by atoms with E-state index in [9.17, 15) is 8.42 Å². The van der Waals surface area contributed by atoms with Gasteiger partial charge in [0.1, 0.15) is 10.8 Å². The summed E-state index contributed by atoms with van der Waals surface area (Å²) in [6.07, 6.45) is 1.50. The van der Waals surface area contributed by atoms with Gasteiger partial charge in [-0.2, -0.15) is 5.10 Å². The second-order valence-electron chi connectivity index (χ2n) is 4.27. The molecule has 0 bridgehead atoms. The van der Waals surface area contributed by atoms with Crippen LogP contribution in [-0.2, 0) is 15.6 Å². The van der Waals surface area contributed by atoms with Crippen molar-refractivity contribution in [1.82, 2.24) is 20.4 Å². The summed E-state index contributed by atoms with van der Waals surface area (Å²) < 4.78 is 25.0. The van der Waals surface area contributed by atoms with E-state index in [1.165, 1.54) is 6.20 Å². The number of aromatic nitrogens is 4. The Morgan fingerprint density at radius 1 is 1.19 bits per heavy atom. The third kappa shape index (κ3) is 2.78.